The number of carbonyl (C=O) groups excluding carboxylic acids is 1. The summed E-state index contributed by atoms with van der Waals surface area (Å²) in [6.45, 7) is 3.62. The number of methoxy groups -OCH3 is 1. The molecule has 0 radical (unpaired) electrons. The minimum absolute atomic E-state index is 0.0227. The number of nitrogens with zero attached hydrogens (tertiary/aromatic N) is 3. The quantitative estimate of drug-likeness (QED) is 0.361. The normalized spacial score (nSPS) is 21.1. The van der Waals surface area contributed by atoms with Gasteiger partial charge in [0.15, 0.2) is 17.3 Å². The summed E-state index contributed by atoms with van der Waals surface area (Å²) < 4.78 is 40.0. The minimum Gasteiger partial charge on any atom is -0.493 e. The van der Waals surface area contributed by atoms with E-state index in [1.54, 1.807) is 19.2 Å². The number of hydrogen-bond donors (Lipinski definition) is 1. The Morgan fingerprint density at radius 3 is 2.63 bits per heavy atom. The van der Waals surface area contributed by atoms with Crippen molar-refractivity contribution in [1.29, 1.82) is 0 Å². The van der Waals surface area contributed by atoms with Crippen LogP contribution in [0.2, 0.25) is 5.02 Å². The van der Waals surface area contributed by atoms with Gasteiger partial charge in [0.1, 0.15) is 29.1 Å². The van der Waals surface area contributed by atoms with Gasteiger partial charge < -0.3 is 19.7 Å². The van der Waals surface area contributed by atoms with Gasteiger partial charge in [0, 0.05) is 36.4 Å². The Balaban J connectivity index is 1.45. The molecule has 1 amide bonds. The molecular weight excluding hydrogens is 478 g/mol. The number of rotatable bonds is 6. The summed E-state index contributed by atoms with van der Waals surface area (Å²) in [6.07, 6.45) is 5.86. The van der Waals surface area contributed by atoms with E-state index < -0.39 is 16.7 Å². The van der Waals surface area contributed by atoms with Crippen molar-refractivity contribution in [2.75, 3.05) is 12.4 Å². The van der Waals surface area contributed by atoms with Crippen LogP contribution in [0.15, 0.2) is 43.2 Å². The fourth-order valence-electron chi connectivity index (χ4n) is 5.03. The second-order valence-electron chi connectivity index (χ2n) is 8.64. The van der Waals surface area contributed by atoms with Crippen LogP contribution in [0.3, 0.4) is 0 Å². The Morgan fingerprint density at radius 2 is 1.94 bits per heavy atom. The molecule has 2 aliphatic heterocycles. The maximum absolute atomic E-state index is 14.5. The first-order valence-corrected chi connectivity index (χ1v) is 11.6. The highest BCUT2D eigenvalue weighted by Gasteiger charge is 2.43. The monoisotopic (exact) mass is 500 g/mol. The molecule has 3 aromatic rings. The number of fused-ring (bicyclic) bond motifs is 3. The van der Waals surface area contributed by atoms with Crippen molar-refractivity contribution >= 4 is 39.9 Å². The summed E-state index contributed by atoms with van der Waals surface area (Å²) in [4.78, 5) is 22.7. The van der Waals surface area contributed by atoms with Crippen molar-refractivity contribution in [2.45, 2.75) is 43.9 Å². The average molecular weight is 501 g/mol. The first-order valence-electron chi connectivity index (χ1n) is 11.2. The van der Waals surface area contributed by atoms with E-state index in [0.717, 1.165) is 18.9 Å². The van der Waals surface area contributed by atoms with E-state index in [-0.39, 0.29) is 29.8 Å². The van der Waals surface area contributed by atoms with Gasteiger partial charge in [0.05, 0.1) is 18.3 Å². The number of piperidine rings is 1. The molecule has 2 aliphatic rings. The van der Waals surface area contributed by atoms with Gasteiger partial charge in [0.2, 0.25) is 5.91 Å². The molecule has 0 aliphatic carbocycles. The van der Waals surface area contributed by atoms with E-state index >= 15 is 0 Å². The number of carbonyl (C=O) groups is 1. The maximum atomic E-state index is 14.5. The van der Waals surface area contributed by atoms with Crippen molar-refractivity contribution in [3.63, 3.8) is 0 Å². The lowest BCUT2D eigenvalue weighted by Gasteiger charge is -2.38. The number of aromatic nitrogens is 2. The van der Waals surface area contributed by atoms with Gasteiger partial charge in [-0.3, -0.25) is 4.79 Å². The molecule has 1 aromatic heterocycles. The van der Waals surface area contributed by atoms with Crippen molar-refractivity contribution in [1.82, 2.24) is 14.9 Å². The number of halogens is 3. The minimum atomic E-state index is -0.917. The van der Waals surface area contributed by atoms with Gasteiger partial charge in [0.25, 0.3) is 0 Å². The average Bonchev–Trinajstić information content (AvgIpc) is 3.13. The molecule has 0 spiro atoms. The Kier molecular flexibility index (Phi) is 6.19. The van der Waals surface area contributed by atoms with Crippen LogP contribution in [0.4, 0.5) is 20.3 Å². The van der Waals surface area contributed by atoms with Crippen LogP contribution in [0.1, 0.15) is 25.7 Å². The molecule has 3 heterocycles. The molecule has 2 aromatic carbocycles. The Morgan fingerprint density at radius 1 is 1.20 bits per heavy atom. The zero-order valence-corrected chi connectivity index (χ0v) is 19.7. The summed E-state index contributed by atoms with van der Waals surface area (Å²) in [7, 11) is 1.54. The van der Waals surface area contributed by atoms with E-state index in [1.807, 2.05) is 4.90 Å². The molecular formula is C25H23ClF2N4O3. The van der Waals surface area contributed by atoms with Gasteiger partial charge in [-0.15, -0.1) is 0 Å². The number of hydrogen-bond acceptors (Lipinski definition) is 6. The molecule has 1 N–H and O–H groups in total. The molecule has 2 atom stereocenters. The standard InChI is InChI=1S/C25H23ClF2N4O3/c1-3-22(33)32-13-4-5-14(32)9-15(8-13)35-21-10-16-19(11-20(21)34-2)29-12-30-25(16)31-18-7-6-17(27)23(26)24(18)28/h3,6-7,10-15H,1,4-5,8-9H2,2H3,(H,29,30,31). The van der Waals surface area contributed by atoms with Crippen molar-refractivity contribution in [3.05, 3.63) is 59.9 Å². The fourth-order valence-corrected chi connectivity index (χ4v) is 5.20. The van der Waals surface area contributed by atoms with E-state index in [4.69, 9.17) is 21.1 Å². The highest BCUT2D eigenvalue weighted by atomic mass is 35.5. The lowest BCUT2D eigenvalue weighted by Crippen LogP contribution is -2.48. The molecule has 35 heavy (non-hydrogen) atoms. The zero-order valence-electron chi connectivity index (χ0n) is 18.9. The summed E-state index contributed by atoms with van der Waals surface area (Å²) >= 11 is 5.72. The number of amides is 1. The Labute approximate surface area is 205 Å². The molecule has 182 valence electrons. The Hall–Kier alpha value is -3.46. The predicted octanol–water partition coefficient (Wildman–Crippen LogP) is 5.40. The fraction of sp³-hybridized carbons (Fsp3) is 0.320. The first kappa shape index (κ1) is 23.3. The van der Waals surface area contributed by atoms with E-state index in [9.17, 15) is 13.6 Å². The van der Waals surface area contributed by atoms with Crippen LogP contribution < -0.4 is 14.8 Å². The number of nitrogens with one attached hydrogen (secondary N) is 1. The molecule has 10 heteroatoms. The highest BCUT2D eigenvalue weighted by molar-refractivity contribution is 6.31. The highest BCUT2D eigenvalue weighted by Crippen LogP contribution is 2.41. The van der Waals surface area contributed by atoms with E-state index in [2.05, 4.69) is 21.9 Å². The van der Waals surface area contributed by atoms with Gasteiger partial charge in [-0.1, -0.05) is 18.2 Å². The summed E-state index contributed by atoms with van der Waals surface area (Å²) in [5.74, 6) is -0.522. The third kappa shape index (κ3) is 4.25. The van der Waals surface area contributed by atoms with Crippen molar-refractivity contribution in [3.8, 4) is 11.5 Å². The molecule has 0 saturated carbocycles. The Bertz CT molecular complexity index is 1310. The first-order chi connectivity index (χ1) is 16.9. The van der Waals surface area contributed by atoms with E-state index in [1.165, 1.54) is 18.5 Å². The summed E-state index contributed by atoms with van der Waals surface area (Å²) in [5.41, 5.74) is 0.525. The van der Waals surface area contributed by atoms with Gasteiger partial charge in [-0.05, 0) is 37.1 Å². The predicted molar refractivity (Wildman–Crippen MR) is 128 cm³/mol. The van der Waals surface area contributed by atoms with Gasteiger partial charge in [-0.25, -0.2) is 18.7 Å². The second-order valence-corrected chi connectivity index (χ2v) is 9.01. The van der Waals surface area contributed by atoms with Crippen LogP contribution >= 0.6 is 11.6 Å². The molecule has 2 fully saturated rings. The molecule has 5 rings (SSSR count). The molecule has 2 saturated heterocycles. The second kappa shape index (κ2) is 9.30. The number of ether oxygens (including phenoxy) is 2. The van der Waals surface area contributed by atoms with Crippen molar-refractivity contribution < 1.29 is 23.0 Å². The largest absolute Gasteiger partial charge is 0.493 e. The van der Waals surface area contributed by atoms with Gasteiger partial charge >= 0.3 is 0 Å². The lowest BCUT2D eigenvalue weighted by molar-refractivity contribution is -0.131. The third-order valence-electron chi connectivity index (χ3n) is 6.62. The summed E-state index contributed by atoms with van der Waals surface area (Å²) in [6, 6.07) is 6.01. The molecule has 7 nitrogen and oxygen atoms in total. The van der Waals surface area contributed by atoms with Crippen LogP contribution in [0, 0.1) is 11.6 Å². The van der Waals surface area contributed by atoms with Crippen LogP contribution in [0.25, 0.3) is 10.9 Å². The SMILES string of the molecule is C=CC(=O)N1C2CCC1CC(Oc1cc3c(Nc4ccc(F)c(Cl)c4F)ncnc3cc1OC)C2. The van der Waals surface area contributed by atoms with E-state index in [0.29, 0.717) is 41.1 Å². The number of anilines is 2. The topological polar surface area (TPSA) is 76.6 Å². The maximum Gasteiger partial charge on any atom is 0.246 e. The third-order valence-corrected chi connectivity index (χ3v) is 6.97. The van der Waals surface area contributed by atoms with Crippen LogP contribution in [-0.4, -0.2) is 46.1 Å². The molecule has 2 bridgehead atoms. The zero-order chi connectivity index (χ0) is 24.7. The van der Waals surface area contributed by atoms with Crippen LogP contribution in [-0.2, 0) is 4.79 Å². The summed E-state index contributed by atoms with van der Waals surface area (Å²) in [5, 5.41) is 2.83. The van der Waals surface area contributed by atoms with Crippen molar-refractivity contribution in [2.24, 2.45) is 0 Å². The smallest absolute Gasteiger partial charge is 0.246 e. The van der Waals surface area contributed by atoms with Gasteiger partial charge in [-0.2, -0.15) is 0 Å². The molecule has 2 unspecified atom stereocenters. The number of benzene rings is 2. The lowest BCUT2D eigenvalue weighted by atomic mass is 9.99. The van der Waals surface area contributed by atoms with Crippen LogP contribution in [0.5, 0.6) is 11.5 Å².